The molecular weight excluding hydrogens is 508 g/mol. The van der Waals surface area contributed by atoms with Crippen molar-refractivity contribution in [1.29, 1.82) is 0 Å². The Morgan fingerprint density at radius 3 is 1.24 bits per heavy atom. The number of allylic oxidation sites excluding steroid dienone is 2. The molecule has 0 aliphatic heterocycles. The van der Waals surface area contributed by atoms with E-state index in [-0.39, 0.29) is 24.6 Å². The van der Waals surface area contributed by atoms with Gasteiger partial charge in [-0.05, 0) is 45.4 Å². The van der Waals surface area contributed by atoms with E-state index < -0.39 is 0 Å². The number of hydrogen-bond donors (Lipinski definition) is 0. The minimum Gasteiger partial charge on any atom is -0.462 e. The van der Waals surface area contributed by atoms with Gasteiger partial charge in [0, 0.05) is 12.8 Å². The summed E-state index contributed by atoms with van der Waals surface area (Å²) in [6, 6.07) is 0. The molecule has 0 N–H and O–H groups in total. The molecule has 0 amide bonds. The van der Waals surface area contributed by atoms with Gasteiger partial charge in [-0.2, -0.15) is 0 Å². The highest BCUT2D eigenvalue weighted by molar-refractivity contribution is 5.70. The van der Waals surface area contributed by atoms with Gasteiger partial charge in [0.25, 0.3) is 0 Å². The fraction of sp³-hybridized carbons (Fsp3) is 0.892. The van der Waals surface area contributed by atoms with Crippen LogP contribution in [0.1, 0.15) is 201 Å². The Bertz CT molecular complexity index is 585. The summed E-state index contributed by atoms with van der Waals surface area (Å²) in [6.07, 6.45) is 38.2. The molecule has 0 rings (SSSR count). The number of hydrogen-bond acceptors (Lipinski definition) is 4. The van der Waals surface area contributed by atoms with Gasteiger partial charge in [0.2, 0.25) is 0 Å². The number of carbonyl (C=O) groups excluding carboxylic acids is 2. The molecule has 4 nitrogen and oxygen atoms in total. The number of rotatable bonds is 32. The summed E-state index contributed by atoms with van der Waals surface area (Å²) in [7, 11) is 0. The first kappa shape index (κ1) is 39.7. The van der Waals surface area contributed by atoms with E-state index >= 15 is 0 Å². The maximum Gasteiger partial charge on any atom is 0.306 e. The second-order valence-electron chi connectivity index (χ2n) is 12.3. The van der Waals surface area contributed by atoms with Crippen LogP contribution in [-0.2, 0) is 19.1 Å². The molecule has 0 spiro atoms. The Morgan fingerprint density at radius 2 is 0.829 bits per heavy atom. The van der Waals surface area contributed by atoms with Crippen LogP contribution in [0, 0.1) is 0 Å². The van der Waals surface area contributed by atoms with Crippen molar-refractivity contribution < 1.29 is 19.1 Å². The lowest BCUT2D eigenvalue weighted by molar-refractivity contribution is -0.158. The average Bonchev–Trinajstić information content (AvgIpc) is 2.96. The molecule has 242 valence electrons. The topological polar surface area (TPSA) is 52.6 Å². The van der Waals surface area contributed by atoms with Gasteiger partial charge in [0.15, 0.2) is 0 Å². The van der Waals surface area contributed by atoms with Gasteiger partial charge in [-0.25, -0.2) is 0 Å². The Morgan fingerprint density at radius 1 is 0.488 bits per heavy atom. The van der Waals surface area contributed by atoms with Crippen LogP contribution in [0.3, 0.4) is 0 Å². The molecule has 0 heterocycles. The van der Waals surface area contributed by atoms with Crippen LogP contribution < -0.4 is 0 Å². The molecule has 0 radical (unpaired) electrons. The van der Waals surface area contributed by atoms with Crippen LogP contribution >= 0.6 is 0 Å². The van der Waals surface area contributed by atoms with Crippen molar-refractivity contribution in [2.24, 2.45) is 0 Å². The van der Waals surface area contributed by atoms with Gasteiger partial charge < -0.3 is 9.47 Å². The van der Waals surface area contributed by atoms with Crippen LogP contribution in [0.4, 0.5) is 0 Å². The number of esters is 2. The maximum absolute atomic E-state index is 12.1. The summed E-state index contributed by atoms with van der Waals surface area (Å²) in [5, 5.41) is 0. The molecule has 0 saturated heterocycles. The predicted octanol–water partition coefficient (Wildman–Crippen LogP) is 12.0. The predicted molar refractivity (Wildman–Crippen MR) is 176 cm³/mol. The highest BCUT2D eigenvalue weighted by Crippen LogP contribution is 2.14. The number of ether oxygens (including phenoxy) is 2. The van der Waals surface area contributed by atoms with Gasteiger partial charge in [-0.3, -0.25) is 9.59 Å². The van der Waals surface area contributed by atoms with Gasteiger partial charge >= 0.3 is 11.9 Å². The van der Waals surface area contributed by atoms with E-state index in [1.54, 1.807) is 6.92 Å². The zero-order valence-corrected chi connectivity index (χ0v) is 27.9. The molecule has 4 heteroatoms. The SMILES string of the molecule is CCCCCCCC/C=C/CCCCCCCC(=O)OC[C@H](C)OC(=O)CCCCCCCCCCCCCCC. The van der Waals surface area contributed by atoms with Crippen molar-refractivity contribution in [3.8, 4) is 0 Å². The second kappa shape index (κ2) is 33.2. The molecule has 0 aliphatic rings. The Balaban J connectivity index is 3.44. The van der Waals surface area contributed by atoms with Crippen LogP contribution in [0.5, 0.6) is 0 Å². The summed E-state index contributed by atoms with van der Waals surface area (Å²) in [5.41, 5.74) is 0. The molecule has 0 aromatic rings. The van der Waals surface area contributed by atoms with Gasteiger partial charge in [0.1, 0.15) is 12.7 Å². The van der Waals surface area contributed by atoms with E-state index in [0.717, 1.165) is 25.7 Å². The lowest BCUT2D eigenvalue weighted by Crippen LogP contribution is -2.22. The Hall–Kier alpha value is -1.32. The third kappa shape index (κ3) is 33.1. The fourth-order valence-electron chi connectivity index (χ4n) is 5.23. The lowest BCUT2D eigenvalue weighted by atomic mass is 10.0. The largest absolute Gasteiger partial charge is 0.462 e. The molecule has 0 saturated carbocycles. The smallest absolute Gasteiger partial charge is 0.306 e. The summed E-state index contributed by atoms with van der Waals surface area (Å²) < 4.78 is 10.7. The maximum atomic E-state index is 12.1. The highest BCUT2D eigenvalue weighted by atomic mass is 16.6. The molecule has 0 aromatic heterocycles. The van der Waals surface area contributed by atoms with Crippen LogP contribution in [0.15, 0.2) is 12.2 Å². The van der Waals surface area contributed by atoms with Gasteiger partial charge in [0.05, 0.1) is 0 Å². The highest BCUT2D eigenvalue weighted by Gasteiger charge is 2.12. The quantitative estimate of drug-likeness (QED) is 0.0452. The third-order valence-corrected chi connectivity index (χ3v) is 7.94. The molecular formula is C37H70O4. The normalized spacial score (nSPS) is 12.2. The first-order valence-corrected chi connectivity index (χ1v) is 18.1. The van der Waals surface area contributed by atoms with E-state index in [2.05, 4.69) is 26.0 Å². The monoisotopic (exact) mass is 579 g/mol. The van der Waals surface area contributed by atoms with Gasteiger partial charge in [-0.15, -0.1) is 0 Å². The standard InChI is InChI=1S/C37H70O4/c1-4-6-8-10-12-14-16-18-19-21-22-24-26-28-30-32-36(38)40-34-35(3)41-37(39)33-31-29-27-25-23-20-17-15-13-11-9-7-5-2/h18-19,35H,4-17,20-34H2,1-3H3/b19-18+/t35-/m0/s1. The molecule has 0 aromatic carbocycles. The molecule has 0 bridgehead atoms. The zero-order valence-electron chi connectivity index (χ0n) is 27.9. The van der Waals surface area contributed by atoms with Crippen molar-refractivity contribution in [3.05, 3.63) is 12.2 Å². The second-order valence-corrected chi connectivity index (χ2v) is 12.3. The summed E-state index contributed by atoms with van der Waals surface area (Å²) in [6.45, 7) is 6.50. The Kier molecular flexibility index (Phi) is 32.1. The first-order chi connectivity index (χ1) is 20.1. The molecule has 0 fully saturated rings. The van der Waals surface area contributed by atoms with E-state index in [1.807, 2.05) is 0 Å². The van der Waals surface area contributed by atoms with Crippen molar-refractivity contribution in [3.63, 3.8) is 0 Å². The zero-order chi connectivity index (χ0) is 30.1. The van der Waals surface area contributed by atoms with Gasteiger partial charge in [-0.1, -0.05) is 154 Å². The van der Waals surface area contributed by atoms with Crippen LogP contribution in [0.25, 0.3) is 0 Å². The summed E-state index contributed by atoms with van der Waals surface area (Å²) in [4.78, 5) is 24.1. The number of unbranched alkanes of at least 4 members (excludes halogenated alkanes) is 23. The summed E-state index contributed by atoms with van der Waals surface area (Å²) in [5.74, 6) is -0.351. The molecule has 0 aliphatic carbocycles. The van der Waals surface area contributed by atoms with Crippen molar-refractivity contribution >= 4 is 11.9 Å². The van der Waals surface area contributed by atoms with Crippen molar-refractivity contribution in [2.75, 3.05) is 6.61 Å². The van der Waals surface area contributed by atoms with Crippen LogP contribution in [-0.4, -0.2) is 24.6 Å². The molecule has 0 unspecified atom stereocenters. The average molecular weight is 579 g/mol. The first-order valence-electron chi connectivity index (χ1n) is 18.1. The van der Waals surface area contributed by atoms with Crippen molar-refractivity contribution in [2.45, 2.75) is 207 Å². The molecule has 41 heavy (non-hydrogen) atoms. The number of carbonyl (C=O) groups is 2. The minimum absolute atomic E-state index is 0.161. The van der Waals surface area contributed by atoms with Crippen LogP contribution in [0.2, 0.25) is 0 Å². The van der Waals surface area contributed by atoms with E-state index in [0.29, 0.717) is 12.8 Å². The minimum atomic E-state index is -0.373. The van der Waals surface area contributed by atoms with E-state index in [4.69, 9.17) is 9.47 Å². The van der Waals surface area contributed by atoms with E-state index in [1.165, 1.54) is 141 Å². The van der Waals surface area contributed by atoms with Crippen molar-refractivity contribution in [1.82, 2.24) is 0 Å². The lowest BCUT2D eigenvalue weighted by Gasteiger charge is -2.13. The summed E-state index contributed by atoms with van der Waals surface area (Å²) >= 11 is 0. The Labute approximate surface area is 256 Å². The third-order valence-electron chi connectivity index (χ3n) is 7.94. The fourth-order valence-corrected chi connectivity index (χ4v) is 5.23. The van der Waals surface area contributed by atoms with E-state index in [9.17, 15) is 9.59 Å². The molecule has 1 atom stereocenters.